The summed E-state index contributed by atoms with van der Waals surface area (Å²) in [5, 5.41) is 14.4. The van der Waals surface area contributed by atoms with Crippen molar-refractivity contribution in [2.45, 2.75) is 32.7 Å². The predicted molar refractivity (Wildman–Crippen MR) is 55.5 cm³/mol. The first-order chi connectivity index (χ1) is 6.96. The average Bonchev–Trinajstić information content (AvgIpc) is 2.18. The van der Waals surface area contributed by atoms with E-state index in [-0.39, 0.29) is 5.91 Å². The summed E-state index contributed by atoms with van der Waals surface area (Å²) < 4.78 is 0. The number of nitrogens with one attached hydrogen (secondary N) is 2. The van der Waals surface area contributed by atoms with Crippen LogP contribution in [0.4, 0.5) is 0 Å². The van der Waals surface area contributed by atoms with Crippen molar-refractivity contribution in [1.82, 2.24) is 10.6 Å². The lowest BCUT2D eigenvalue weighted by molar-refractivity contribution is -0.143. The van der Waals surface area contributed by atoms with Gasteiger partial charge in [0.25, 0.3) is 0 Å². The second-order valence-corrected chi connectivity index (χ2v) is 4.34. The van der Waals surface area contributed by atoms with Crippen molar-refractivity contribution in [2.75, 3.05) is 13.1 Å². The third-order valence-corrected chi connectivity index (χ3v) is 2.97. The van der Waals surface area contributed by atoms with Gasteiger partial charge in [-0.05, 0) is 32.9 Å². The highest BCUT2D eigenvalue weighted by Crippen LogP contribution is 2.27. The third-order valence-electron chi connectivity index (χ3n) is 2.97. The fourth-order valence-electron chi connectivity index (χ4n) is 1.64. The number of aliphatic carboxylic acids is 1. The van der Waals surface area contributed by atoms with Crippen LogP contribution >= 0.6 is 0 Å². The number of carboxylic acids is 1. The monoisotopic (exact) mass is 214 g/mol. The first kappa shape index (κ1) is 12.0. The van der Waals surface area contributed by atoms with Crippen LogP contribution in [0.3, 0.4) is 0 Å². The van der Waals surface area contributed by atoms with Gasteiger partial charge in [0.1, 0.15) is 6.04 Å². The Morgan fingerprint density at radius 1 is 1.40 bits per heavy atom. The van der Waals surface area contributed by atoms with E-state index < -0.39 is 17.4 Å². The molecular weight excluding hydrogens is 196 g/mol. The molecule has 1 rings (SSSR count). The molecule has 1 aliphatic rings. The van der Waals surface area contributed by atoms with Crippen LogP contribution in [0.5, 0.6) is 0 Å². The maximum Gasteiger partial charge on any atom is 0.325 e. The second kappa shape index (κ2) is 4.61. The van der Waals surface area contributed by atoms with Crippen LogP contribution in [0.25, 0.3) is 0 Å². The molecule has 1 saturated heterocycles. The van der Waals surface area contributed by atoms with Gasteiger partial charge >= 0.3 is 5.97 Å². The molecule has 1 amide bonds. The number of piperidine rings is 1. The summed E-state index contributed by atoms with van der Waals surface area (Å²) in [4.78, 5) is 22.4. The molecule has 3 N–H and O–H groups in total. The van der Waals surface area contributed by atoms with Crippen molar-refractivity contribution >= 4 is 11.9 Å². The molecule has 0 saturated carbocycles. The van der Waals surface area contributed by atoms with E-state index in [9.17, 15) is 9.59 Å². The van der Waals surface area contributed by atoms with E-state index >= 15 is 0 Å². The van der Waals surface area contributed by atoms with Gasteiger partial charge in [-0.25, -0.2) is 0 Å². The first-order valence-corrected chi connectivity index (χ1v) is 5.20. The zero-order valence-corrected chi connectivity index (χ0v) is 9.17. The Morgan fingerprint density at radius 2 is 1.93 bits per heavy atom. The van der Waals surface area contributed by atoms with Gasteiger partial charge in [0, 0.05) is 5.41 Å². The highest BCUT2D eigenvalue weighted by atomic mass is 16.4. The number of rotatable bonds is 3. The first-order valence-electron chi connectivity index (χ1n) is 5.20. The zero-order valence-electron chi connectivity index (χ0n) is 9.17. The molecule has 0 aromatic heterocycles. The SMILES string of the molecule is C[C@H](NC(=O)C1(C)CCNCC1)C(=O)O. The number of carbonyl (C=O) groups is 2. The van der Waals surface area contributed by atoms with Gasteiger partial charge in [0.15, 0.2) is 0 Å². The summed E-state index contributed by atoms with van der Waals surface area (Å²) in [7, 11) is 0. The average molecular weight is 214 g/mol. The van der Waals surface area contributed by atoms with Crippen LogP contribution < -0.4 is 10.6 Å². The van der Waals surface area contributed by atoms with Crippen molar-refractivity contribution in [2.24, 2.45) is 5.41 Å². The fraction of sp³-hybridized carbons (Fsp3) is 0.800. The van der Waals surface area contributed by atoms with Crippen LogP contribution in [0.15, 0.2) is 0 Å². The van der Waals surface area contributed by atoms with Gasteiger partial charge in [-0.15, -0.1) is 0 Å². The molecule has 0 aromatic rings. The lowest BCUT2D eigenvalue weighted by Gasteiger charge is -2.33. The van der Waals surface area contributed by atoms with Crippen LogP contribution in [0.1, 0.15) is 26.7 Å². The summed E-state index contributed by atoms with van der Waals surface area (Å²) in [5.74, 6) is -1.15. The molecule has 5 heteroatoms. The Bertz CT molecular complexity index is 259. The van der Waals surface area contributed by atoms with Gasteiger partial charge in [-0.1, -0.05) is 6.92 Å². The molecule has 0 radical (unpaired) electrons. The summed E-state index contributed by atoms with van der Waals surface area (Å²) in [6, 6.07) is -0.816. The number of carbonyl (C=O) groups excluding carboxylic acids is 1. The van der Waals surface area contributed by atoms with Crippen LogP contribution in [-0.4, -0.2) is 36.1 Å². The number of hydrogen-bond acceptors (Lipinski definition) is 3. The summed E-state index contributed by atoms with van der Waals surface area (Å²) >= 11 is 0. The molecule has 15 heavy (non-hydrogen) atoms. The van der Waals surface area contributed by atoms with Crippen molar-refractivity contribution in [3.8, 4) is 0 Å². The molecule has 0 spiro atoms. The summed E-state index contributed by atoms with van der Waals surface area (Å²) in [6.07, 6.45) is 1.51. The molecule has 1 heterocycles. The predicted octanol–water partition coefficient (Wildman–Crippen LogP) is -0.0346. The molecular formula is C10H18N2O3. The molecule has 1 atom stereocenters. The fourth-order valence-corrected chi connectivity index (χ4v) is 1.64. The van der Waals surface area contributed by atoms with Crippen LogP contribution in [0, 0.1) is 5.41 Å². The Morgan fingerprint density at radius 3 is 2.40 bits per heavy atom. The van der Waals surface area contributed by atoms with E-state index in [1.165, 1.54) is 6.92 Å². The highest BCUT2D eigenvalue weighted by molar-refractivity contribution is 5.87. The number of amides is 1. The minimum atomic E-state index is -0.999. The number of hydrogen-bond donors (Lipinski definition) is 3. The largest absolute Gasteiger partial charge is 0.480 e. The van der Waals surface area contributed by atoms with Crippen LogP contribution in [-0.2, 0) is 9.59 Å². The van der Waals surface area contributed by atoms with E-state index in [1.54, 1.807) is 0 Å². The Kier molecular flexibility index (Phi) is 3.68. The van der Waals surface area contributed by atoms with E-state index in [1.807, 2.05) is 6.92 Å². The van der Waals surface area contributed by atoms with Gasteiger partial charge < -0.3 is 15.7 Å². The smallest absolute Gasteiger partial charge is 0.325 e. The minimum absolute atomic E-state index is 0.154. The maximum absolute atomic E-state index is 11.8. The molecule has 1 aliphatic heterocycles. The Balaban J connectivity index is 2.55. The van der Waals surface area contributed by atoms with Crippen molar-refractivity contribution < 1.29 is 14.7 Å². The van der Waals surface area contributed by atoms with Gasteiger partial charge in [-0.2, -0.15) is 0 Å². The molecule has 1 fully saturated rings. The van der Waals surface area contributed by atoms with Crippen LogP contribution in [0.2, 0.25) is 0 Å². The second-order valence-electron chi connectivity index (χ2n) is 4.34. The van der Waals surface area contributed by atoms with E-state index in [2.05, 4.69) is 10.6 Å². The van der Waals surface area contributed by atoms with Gasteiger partial charge in [-0.3, -0.25) is 9.59 Å². The molecule has 5 nitrogen and oxygen atoms in total. The lowest BCUT2D eigenvalue weighted by atomic mass is 9.80. The molecule has 0 aromatic carbocycles. The lowest BCUT2D eigenvalue weighted by Crippen LogP contribution is -2.49. The van der Waals surface area contributed by atoms with Gasteiger partial charge in [0.2, 0.25) is 5.91 Å². The minimum Gasteiger partial charge on any atom is -0.480 e. The summed E-state index contributed by atoms with van der Waals surface area (Å²) in [5.41, 5.74) is -0.422. The highest BCUT2D eigenvalue weighted by Gasteiger charge is 2.35. The quantitative estimate of drug-likeness (QED) is 0.616. The van der Waals surface area contributed by atoms with Crippen molar-refractivity contribution in [3.05, 3.63) is 0 Å². The van der Waals surface area contributed by atoms with Gasteiger partial charge in [0.05, 0.1) is 0 Å². The van der Waals surface area contributed by atoms with Crippen molar-refractivity contribution in [1.29, 1.82) is 0 Å². The van der Waals surface area contributed by atoms with Crippen molar-refractivity contribution in [3.63, 3.8) is 0 Å². The van der Waals surface area contributed by atoms with E-state index in [0.29, 0.717) is 0 Å². The molecule has 0 unspecified atom stereocenters. The zero-order chi connectivity index (χ0) is 11.5. The third kappa shape index (κ3) is 2.92. The number of carboxylic acid groups (broad SMARTS) is 1. The Hall–Kier alpha value is -1.10. The Labute approximate surface area is 89.2 Å². The standard InChI is InChI=1S/C10H18N2O3/c1-7(8(13)14)12-9(15)10(2)3-5-11-6-4-10/h7,11H,3-6H2,1-2H3,(H,12,15)(H,13,14)/t7-/m0/s1. The van der Waals surface area contributed by atoms with E-state index in [4.69, 9.17) is 5.11 Å². The molecule has 0 aliphatic carbocycles. The topological polar surface area (TPSA) is 78.4 Å². The normalized spacial score (nSPS) is 21.7. The molecule has 86 valence electrons. The maximum atomic E-state index is 11.8. The summed E-state index contributed by atoms with van der Waals surface area (Å²) in [6.45, 7) is 4.99. The molecule has 0 bridgehead atoms. The van der Waals surface area contributed by atoms with E-state index in [0.717, 1.165) is 25.9 Å².